The van der Waals surface area contributed by atoms with E-state index in [4.69, 9.17) is 4.74 Å². The summed E-state index contributed by atoms with van der Waals surface area (Å²) in [7, 11) is 0. The summed E-state index contributed by atoms with van der Waals surface area (Å²) < 4.78 is 7.83. The number of benzene rings is 3. The van der Waals surface area contributed by atoms with E-state index in [1.165, 1.54) is 16.8 Å². The minimum atomic E-state index is -0.345. The molecule has 0 radical (unpaired) electrons. The third kappa shape index (κ3) is 7.85. The number of piperazine rings is 1. The molecule has 230 valence electrons. The average Bonchev–Trinajstić information content (AvgIpc) is 3.74. The number of nitrogens with one attached hydrogen (secondary N) is 1. The monoisotopic (exact) mass is 592 g/mol. The summed E-state index contributed by atoms with van der Waals surface area (Å²) in [5.41, 5.74) is 5.93. The number of carbonyl (C=O) groups is 1. The molecule has 8 heteroatoms. The Bertz CT molecular complexity index is 1460. The minimum absolute atomic E-state index is 0.00388. The summed E-state index contributed by atoms with van der Waals surface area (Å²) in [4.78, 5) is 18.1. The van der Waals surface area contributed by atoms with Gasteiger partial charge in [-0.25, -0.2) is 9.48 Å². The van der Waals surface area contributed by atoms with Gasteiger partial charge in [-0.2, -0.15) is 0 Å². The summed E-state index contributed by atoms with van der Waals surface area (Å²) in [6.45, 7) is 6.85. The molecule has 1 aromatic heterocycles. The van der Waals surface area contributed by atoms with Gasteiger partial charge in [-0.05, 0) is 68.2 Å². The molecule has 4 aromatic rings. The first-order valence-corrected chi connectivity index (χ1v) is 16.1. The van der Waals surface area contributed by atoms with E-state index in [2.05, 4.69) is 99.2 Å². The van der Waals surface area contributed by atoms with Crippen molar-refractivity contribution in [2.75, 3.05) is 31.1 Å². The molecule has 1 aliphatic carbocycles. The Morgan fingerprint density at radius 1 is 0.864 bits per heavy atom. The normalized spacial score (nSPS) is 17.3. The number of nitrogens with zero attached hydrogens (tertiary/aromatic N) is 5. The molecule has 3 aromatic carbocycles. The molecule has 8 nitrogen and oxygen atoms in total. The maximum atomic E-state index is 13.2. The topological polar surface area (TPSA) is 75.5 Å². The second-order valence-electron chi connectivity index (χ2n) is 12.2. The van der Waals surface area contributed by atoms with Crippen molar-refractivity contribution < 1.29 is 9.53 Å². The van der Waals surface area contributed by atoms with E-state index in [0.717, 1.165) is 69.7 Å². The van der Waals surface area contributed by atoms with Crippen molar-refractivity contribution in [1.29, 1.82) is 0 Å². The smallest absolute Gasteiger partial charge is 0.407 e. The number of ether oxygens (including phenoxy) is 1. The summed E-state index contributed by atoms with van der Waals surface area (Å²) in [5.74, 6) is 0. The van der Waals surface area contributed by atoms with Gasteiger partial charge >= 0.3 is 6.09 Å². The number of aryl methyl sites for hydroxylation is 1. The van der Waals surface area contributed by atoms with Crippen molar-refractivity contribution in [2.45, 2.75) is 70.2 Å². The quantitative estimate of drug-likeness (QED) is 0.231. The van der Waals surface area contributed by atoms with E-state index in [0.29, 0.717) is 12.8 Å². The summed E-state index contributed by atoms with van der Waals surface area (Å²) >= 11 is 0. The fourth-order valence-electron chi connectivity index (χ4n) is 6.61. The van der Waals surface area contributed by atoms with Crippen LogP contribution in [0.2, 0.25) is 0 Å². The molecule has 0 spiro atoms. The lowest BCUT2D eigenvalue weighted by Gasteiger charge is -2.36. The second-order valence-corrected chi connectivity index (χ2v) is 12.2. The van der Waals surface area contributed by atoms with Crippen LogP contribution in [-0.4, -0.2) is 64.3 Å². The molecular formula is C36H44N6O2. The molecule has 1 N–H and O–H groups in total. The van der Waals surface area contributed by atoms with Crippen LogP contribution in [0.4, 0.5) is 10.5 Å². The van der Waals surface area contributed by atoms with Crippen LogP contribution >= 0.6 is 0 Å². The van der Waals surface area contributed by atoms with Gasteiger partial charge in [-0.15, -0.1) is 5.10 Å². The first-order chi connectivity index (χ1) is 21.6. The van der Waals surface area contributed by atoms with Crippen LogP contribution in [0.25, 0.3) is 0 Å². The molecule has 44 heavy (non-hydrogen) atoms. The third-order valence-electron chi connectivity index (χ3n) is 9.04. The van der Waals surface area contributed by atoms with E-state index >= 15 is 0 Å². The highest BCUT2D eigenvalue weighted by molar-refractivity contribution is 5.68. The van der Waals surface area contributed by atoms with Gasteiger partial charge in [0, 0.05) is 38.4 Å². The predicted octanol–water partition coefficient (Wildman–Crippen LogP) is 5.97. The van der Waals surface area contributed by atoms with Crippen molar-refractivity contribution in [3.63, 3.8) is 0 Å². The van der Waals surface area contributed by atoms with Crippen molar-refractivity contribution in [3.05, 3.63) is 114 Å². The highest BCUT2D eigenvalue weighted by Crippen LogP contribution is 2.25. The fraction of sp³-hybridized carbons (Fsp3) is 0.417. The van der Waals surface area contributed by atoms with Crippen molar-refractivity contribution in [1.82, 2.24) is 25.2 Å². The molecule has 6 rings (SSSR count). The van der Waals surface area contributed by atoms with Crippen LogP contribution < -0.4 is 10.2 Å². The van der Waals surface area contributed by atoms with E-state index in [-0.39, 0.29) is 24.3 Å². The highest BCUT2D eigenvalue weighted by atomic mass is 16.6. The lowest BCUT2D eigenvalue weighted by Crippen LogP contribution is -2.46. The zero-order chi connectivity index (χ0) is 30.1. The van der Waals surface area contributed by atoms with Crippen LogP contribution in [0.1, 0.15) is 54.1 Å². The molecule has 1 amide bonds. The number of amides is 1. The Hall–Kier alpha value is -4.17. The van der Waals surface area contributed by atoms with Gasteiger partial charge in [0.1, 0.15) is 6.10 Å². The molecular weight excluding hydrogens is 548 g/mol. The molecule has 1 saturated heterocycles. The van der Waals surface area contributed by atoms with Crippen LogP contribution in [0, 0.1) is 6.92 Å². The highest BCUT2D eigenvalue weighted by Gasteiger charge is 2.29. The zero-order valence-electron chi connectivity index (χ0n) is 25.7. The fourth-order valence-corrected chi connectivity index (χ4v) is 6.61. The molecule has 0 bridgehead atoms. The van der Waals surface area contributed by atoms with Crippen molar-refractivity contribution in [2.24, 2.45) is 0 Å². The van der Waals surface area contributed by atoms with Crippen LogP contribution in [-0.2, 0) is 24.1 Å². The molecule has 1 aliphatic heterocycles. The van der Waals surface area contributed by atoms with Gasteiger partial charge in [0.05, 0.1) is 24.0 Å². The lowest BCUT2D eigenvalue weighted by atomic mass is 9.94. The standard InChI is InChI=1S/C36H44N6O2/c1-28-12-8-11-19-34(28)41-22-20-40(21-23-41)26-31-27-42(39-38-31)35(25-30-15-6-3-7-16-30)33(24-29-13-4-2-5-14-29)37-36(43)44-32-17-9-10-18-32/h2-8,11-16,19,27,32-33,35H,9-10,17-18,20-26H2,1H3,(H,37,43)/t33-,35-/m0/s1. The Morgan fingerprint density at radius 2 is 1.50 bits per heavy atom. The maximum Gasteiger partial charge on any atom is 0.407 e. The van der Waals surface area contributed by atoms with Gasteiger partial charge in [0.2, 0.25) is 0 Å². The van der Waals surface area contributed by atoms with E-state index in [9.17, 15) is 4.79 Å². The maximum absolute atomic E-state index is 13.2. The summed E-state index contributed by atoms with van der Waals surface area (Å²) in [5, 5.41) is 12.6. The van der Waals surface area contributed by atoms with Gasteiger partial charge in [0.25, 0.3) is 0 Å². The number of carbonyl (C=O) groups excluding carboxylic acids is 1. The van der Waals surface area contributed by atoms with Gasteiger partial charge in [-0.1, -0.05) is 84.1 Å². The first kappa shape index (κ1) is 29.9. The lowest BCUT2D eigenvalue weighted by molar-refractivity contribution is 0.0946. The van der Waals surface area contributed by atoms with Crippen LogP contribution in [0.3, 0.4) is 0 Å². The van der Waals surface area contributed by atoms with Crippen molar-refractivity contribution in [3.8, 4) is 0 Å². The second kappa shape index (κ2) is 14.5. The number of para-hydroxylation sites is 1. The Labute approximate surface area is 261 Å². The number of hydrogen-bond donors (Lipinski definition) is 1. The number of alkyl carbamates (subject to hydrolysis) is 1. The van der Waals surface area contributed by atoms with Crippen LogP contribution in [0.15, 0.2) is 91.1 Å². The Balaban J connectivity index is 1.19. The third-order valence-corrected chi connectivity index (χ3v) is 9.04. The molecule has 2 fully saturated rings. The number of aromatic nitrogens is 3. The van der Waals surface area contributed by atoms with Gasteiger partial charge in [-0.3, -0.25) is 4.90 Å². The molecule has 2 atom stereocenters. The minimum Gasteiger partial charge on any atom is -0.446 e. The first-order valence-electron chi connectivity index (χ1n) is 16.1. The van der Waals surface area contributed by atoms with E-state index < -0.39 is 0 Å². The Kier molecular flexibility index (Phi) is 9.87. The van der Waals surface area contributed by atoms with Crippen LogP contribution in [0.5, 0.6) is 0 Å². The zero-order valence-corrected chi connectivity index (χ0v) is 25.7. The number of anilines is 1. The van der Waals surface area contributed by atoms with Gasteiger partial charge < -0.3 is 15.0 Å². The largest absolute Gasteiger partial charge is 0.446 e. The summed E-state index contributed by atoms with van der Waals surface area (Å²) in [6, 6.07) is 29.0. The molecule has 0 unspecified atom stereocenters. The van der Waals surface area contributed by atoms with Gasteiger partial charge in [0.15, 0.2) is 0 Å². The van der Waals surface area contributed by atoms with E-state index in [1.54, 1.807) is 0 Å². The predicted molar refractivity (Wildman–Crippen MR) is 174 cm³/mol. The molecule has 1 saturated carbocycles. The van der Waals surface area contributed by atoms with E-state index in [1.807, 2.05) is 28.9 Å². The average molecular weight is 593 g/mol. The number of hydrogen-bond acceptors (Lipinski definition) is 6. The number of rotatable bonds is 11. The molecule has 2 aliphatic rings. The van der Waals surface area contributed by atoms with Crippen molar-refractivity contribution >= 4 is 11.8 Å². The Morgan fingerprint density at radius 3 is 2.18 bits per heavy atom. The SMILES string of the molecule is Cc1ccccc1N1CCN(Cc2cn([C@@H](Cc3ccccc3)[C@H](Cc3ccccc3)NC(=O)OC3CCCC3)nn2)CC1. The summed E-state index contributed by atoms with van der Waals surface area (Å²) in [6.07, 6.45) is 7.21. The molecule has 2 heterocycles.